The van der Waals surface area contributed by atoms with Crippen LogP contribution >= 0.6 is 0 Å². The molecule has 0 N–H and O–H groups in total. The normalized spacial score (nSPS) is 14.2. The van der Waals surface area contributed by atoms with Crippen molar-refractivity contribution in [2.45, 2.75) is 32.3 Å². The van der Waals surface area contributed by atoms with Crippen molar-refractivity contribution in [2.24, 2.45) is 0 Å². The van der Waals surface area contributed by atoms with Crippen molar-refractivity contribution in [3.05, 3.63) is 59.5 Å². The molecule has 0 aliphatic carbocycles. The second-order valence-electron chi connectivity index (χ2n) is 7.35. The molecule has 2 atom stereocenters. The minimum Gasteiger partial charge on any atom is -0.457 e. The number of ether oxygens (including phenoxy) is 1. The van der Waals surface area contributed by atoms with Crippen molar-refractivity contribution in [3.63, 3.8) is 0 Å². The quantitative estimate of drug-likeness (QED) is 0.567. The van der Waals surface area contributed by atoms with Gasteiger partial charge in [0.2, 0.25) is 5.76 Å². The number of nitrogens with zero attached hydrogens (tertiary/aromatic N) is 1. The first-order valence-electron chi connectivity index (χ1n) is 8.42. The number of carbonyl (C=O) groups is 1. The van der Waals surface area contributed by atoms with Gasteiger partial charge in [0.05, 0.1) is 27.7 Å². The molecule has 0 bridgehead atoms. The Hall–Kier alpha value is -2.07. The molecule has 4 heteroatoms. The Bertz CT molecular complexity index is 655. The second-order valence-corrected chi connectivity index (χ2v) is 7.35. The van der Waals surface area contributed by atoms with Crippen LogP contribution in [0.1, 0.15) is 48.1 Å². The molecular weight excluding hydrogens is 302 g/mol. The summed E-state index contributed by atoms with van der Waals surface area (Å²) < 4.78 is 12.1. The zero-order chi connectivity index (χ0) is 17.7. The number of carbonyl (C=O) groups excluding carboxylic acids is 1. The van der Waals surface area contributed by atoms with E-state index in [9.17, 15) is 4.79 Å². The van der Waals surface area contributed by atoms with E-state index in [1.54, 1.807) is 6.07 Å². The summed E-state index contributed by atoms with van der Waals surface area (Å²) in [5.41, 5.74) is 1.16. The van der Waals surface area contributed by atoms with Gasteiger partial charge in [-0.1, -0.05) is 37.3 Å². The Morgan fingerprint density at radius 3 is 2.38 bits per heavy atom. The lowest BCUT2D eigenvalue weighted by Crippen LogP contribution is -2.37. The Morgan fingerprint density at radius 1 is 1.08 bits per heavy atom. The fraction of sp³-hybridized carbons (Fsp3) is 0.450. The van der Waals surface area contributed by atoms with Gasteiger partial charge in [0, 0.05) is 12.3 Å². The van der Waals surface area contributed by atoms with Gasteiger partial charge in [-0.15, -0.1) is 0 Å². The Morgan fingerprint density at radius 2 is 1.75 bits per heavy atom. The van der Waals surface area contributed by atoms with Gasteiger partial charge in [0.15, 0.2) is 0 Å². The fourth-order valence-corrected chi connectivity index (χ4v) is 2.47. The molecule has 0 unspecified atom stereocenters. The number of benzene rings is 1. The monoisotopic (exact) mass is 330 g/mol. The van der Waals surface area contributed by atoms with Crippen LogP contribution in [0.4, 0.5) is 0 Å². The van der Waals surface area contributed by atoms with E-state index in [1.807, 2.05) is 31.2 Å². The molecule has 0 aliphatic rings. The highest BCUT2D eigenvalue weighted by molar-refractivity contribution is 5.86. The third kappa shape index (κ3) is 5.24. The summed E-state index contributed by atoms with van der Waals surface area (Å²) in [7, 11) is 6.37. The number of furan rings is 1. The first-order chi connectivity index (χ1) is 11.3. The van der Waals surface area contributed by atoms with E-state index in [-0.39, 0.29) is 17.8 Å². The van der Waals surface area contributed by atoms with Crippen molar-refractivity contribution in [1.82, 2.24) is 0 Å². The van der Waals surface area contributed by atoms with Crippen molar-refractivity contribution in [1.29, 1.82) is 0 Å². The third-order valence-electron chi connectivity index (χ3n) is 4.07. The highest BCUT2D eigenvalue weighted by Crippen LogP contribution is 2.26. The molecular formula is C20H28NO3+. The molecule has 1 aromatic carbocycles. The van der Waals surface area contributed by atoms with Crippen LogP contribution in [0.5, 0.6) is 0 Å². The van der Waals surface area contributed by atoms with E-state index in [1.165, 1.54) is 0 Å². The van der Waals surface area contributed by atoms with Crippen LogP contribution in [0.2, 0.25) is 0 Å². The third-order valence-corrected chi connectivity index (χ3v) is 4.07. The molecule has 0 radical (unpaired) electrons. The average Bonchev–Trinajstić information content (AvgIpc) is 3.02. The zero-order valence-corrected chi connectivity index (χ0v) is 15.3. The van der Waals surface area contributed by atoms with Gasteiger partial charge in [-0.3, -0.25) is 0 Å². The lowest BCUT2D eigenvalue weighted by molar-refractivity contribution is -0.870. The molecule has 1 heterocycles. The molecule has 0 saturated heterocycles. The zero-order valence-electron chi connectivity index (χ0n) is 15.3. The van der Waals surface area contributed by atoms with Crippen LogP contribution in [0.25, 0.3) is 0 Å². The number of quaternary nitrogens is 1. The molecule has 2 aromatic rings. The molecule has 0 spiro atoms. The summed E-state index contributed by atoms with van der Waals surface area (Å²) in [6.45, 7) is 4.93. The molecule has 0 amide bonds. The molecule has 0 saturated carbocycles. The summed E-state index contributed by atoms with van der Waals surface area (Å²) in [5.74, 6) is 0.746. The van der Waals surface area contributed by atoms with Crippen molar-refractivity contribution in [3.8, 4) is 0 Å². The van der Waals surface area contributed by atoms with Gasteiger partial charge < -0.3 is 13.6 Å². The molecule has 1 aromatic heterocycles. The predicted octanol–water partition coefficient (Wildman–Crippen LogP) is 4.07. The lowest BCUT2D eigenvalue weighted by atomic mass is 9.99. The van der Waals surface area contributed by atoms with E-state index in [2.05, 4.69) is 40.2 Å². The van der Waals surface area contributed by atoms with Crippen LogP contribution in [-0.2, 0) is 4.74 Å². The van der Waals surface area contributed by atoms with Crippen LogP contribution in [-0.4, -0.2) is 44.2 Å². The maximum absolute atomic E-state index is 12.2. The first kappa shape index (κ1) is 18.3. The SMILES string of the molecule is C[C@@H](c1ccccc1)c1ccc(C(=O)O[C@@H](C)CC[N+](C)(C)C)o1. The van der Waals surface area contributed by atoms with Crippen LogP contribution in [0.3, 0.4) is 0 Å². The average molecular weight is 330 g/mol. The van der Waals surface area contributed by atoms with E-state index in [0.29, 0.717) is 0 Å². The van der Waals surface area contributed by atoms with E-state index >= 15 is 0 Å². The summed E-state index contributed by atoms with van der Waals surface area (Å²) in [6.07, 6.45) is 0.693. The van der Waals surface area contributed by atoms with Crippen LogP contribution in [0, 0.1) is 0 Å². The number of rotatable bonds is 7. The van der Waals surface area contributed by atoms with Crippen LogP contribution < -0.4 is 0 Å². The van der Waals surface area contributed by atoms with E-state index in [0.717, 1.165) is 28.8 Å². The van der Waals surface area contributed by atoms with Crippen molar-refractivity contribution < 1.29 is 18.4 Å². The maximum Gasteiger partial charge on any atom is 0.374 e. The molecule has 4 nitrogen and oxygen atoms in total. The molecule has 24 heavy (non-hydrogen) atoms. The van der Waals surface area contributed by atoms with Gasteiger partial charge in [0.1, 0.15) is 11.9 Å². The van der Waals surface area contributed by atoms with Gasteiger partial charge >= 0.3 is 5.97 Å². The number of esters is 1. The van der Waals surface area contributed by atoms with Gasteiger partial charge in [-0.25, -0.2) is 4.79 Å². The topological polar surface area (TPSA) is 39.4 Å². The summed E-state index contributed by atoms with van der Waals surface area (Å²) >= 11 is 0. The smallest absolute Gasteiger partial charge is 0.374 e. The Labute approximate surface area is 144 Å². The van der Waals surface area contributed by atoms with Crippen molar-refractivity contribution >= 4 is 5.97 Å². The highest BCUT2D eigenvalue weighted by Gasteiger charge is 2.20. The largest absolute Gasteiger partial charge is 0.457 e. The molecule has 0 aliphatic heterocycles. The van der Waals surface area contributed by atoms with Gasteiger partial charge in [-0.2, -0.15) is 0 Å². The number of hydrogen-bond acceptors (Lipinski definition) is 3. The van der Waals surface area contributed by atoms with Gasteiger partial charge in [0.25, 0.3) is 0 Å². The lowest BCUT2D eigenvalue weighted by Gasteiger charge is -2.25. The van der Waals surface area contributed by atoms with E-state index in [4.69, 9.17) is 9.15 Å². The Kier molecular flexibility index (Phi) is 5.84. The summed E-state index contributed by atoms with van der Waals surface area (Å²) in [6, 6.07) is 13.6. The fourth-order valence-electron chi connectivity index (χ4n) is 2.47. The molecule has 0 fully saturated rings. The van der Waals surface area contributed by atoms with Crippen LogP contribution in [0.15, 0.2) is 46.9 Å². The van der Waals surface area contributed by atoms with Gasteiger partial charge in [-0.05, 0) is 24.6 Å². The minimum absolute atomic E-state index is 0.100. The Balaban J connectivity index is 1.96. The molecule has 2 rings (SSSR count). The minimum atomic E-state index is -0.393. The predicted molar refractivity (Wildman–Crippen MR) is 95.1 cm³/mol. The first-order valence-corrected chi connectivity index (χ1v) is 8.42. The van der Waals surface area contributed by atoms with Crippen molar-refractivity contribution in [2.75, 3.05) is 27.7 Å². The van der Waals surface area contributed by atoms with E-state index < -0.39 is 5.97 Å². The summed E-state index contributed by atoms with van der Waals surface area (Å²) in [4.78, 5) is 12.2. The second kappa shape index (κ2) is 7.67. The standard InChI is InChI=1S/C20H28NO3/c1-15(13-14-21(3,4)5)23-20(22)19-12-11-18(24-19)16(2)17-9-7-6-8-10-17/h6-12,15-16H,13-14H2,1-5H3/q+1/t15-,16-/m0/s1. The maximum atomic E-state index is 12.2. The summed E-state index contributed by atoms with van der Waals surface area (Å²) in [5, 5.41) is 0. The number of hydrogen-bond donors (Lipinski definition) is 0. The highest BCUT2D eigenvalue weighted by atomic mass is 16.6. The molecule has 130 valence electrons.